The van der Waals surface area contributed by atoms with Crippen LogP contribution < -0.4 is 0 Å². The van der Waals surface area contributed by atoms with Crippen LogP contribution in [-0.4, -0.2) is 19.3 Å². The number of hydrogen-bond acceptors (Lipinski definition) is 0. The minimum atomic E-state index is 0.657. The maximum Gasteiger partial charge on any atom is 0.0302 e. The van der Waals surface area contributed by atoms with Gasteiger partial charge in [-0.15, -0.1) is 0 Å². The Hall–Kier alpha value is 1.92. The second-order valence-corrected chi connectivity index (χ2v) is 9.58. The molecule has 2 rings (SSSR count). The summed E-state index contributed by atoms with van der Waals surface area (Å²) in [6.07, 6.45) is 8.19. The zero-order chi connectivity index (χ0) is 11.7. The molecule has 2 saturated carbocycles. The molecule has 16 heavy (non-hydrogen) atoms. The second kappa shape index (κ2) is 6.38. The summed E-state index contributed by atoms with van der Waals surface area (Å²) in [6.45, 7) is 0. The van der Waals surface area contributed by atoms with Crippen molar-refractivity contribution in [2.24, 2.45) is 11.8 Å². The van der Waals surface area contributed by atoms with Crippen LogP contribution in [0.25, 0.3) is 0 Å². The second-order valence-electron chi connectivity index (χ2n) is 5.11. The smallest absolute Gasteiger partial charge is 0.0302 e. The number of halogens is 4. The SMILES string of the molecule is BrC1CCCC(C2CCCC(Br)C2Br)C1Br. The summed E-state index contributed by atoms with van der Waals surface area (Å²) < 4.78 is 0. The Kier molecular flexibility index (Phi) is 5.72. The lowest BCUT2D eigenvalue weighted by Crippen LogP contribution is -2.41. The van der Waals surface area contributed by atoms with Gasteiger partial charge in [0.25, 0.3) is 0 Å². The van der Waals surface area contributed by atoms with Gasteiger partial charge in [-0.05, 0) is 37.5 Å². The fraction of sp³-hybridized carbons (Fsp3) is 1.00. The summed E-state index contributed by atoms with van der Waals surface area (Å²) in [4.78, 5) is 2.65. The van der Waals surface area contributed by atoms with E-state index in [1.807, 2.05) is 0 Å². The summed E-state index contributed by atoms with van der Waals surface area (Å²) in [6, 6.07) is 0. The largest absolute Gasteiger partial charge is 0.0878 e. The third-order valence-electron chi connectivity index (χ3n) is 4.09. The van der Waals surface area contributed by atoms with E-state index in [0.29, 0.717) is 19.3 Å². The van der Waals surface area contributed by atoms with Gasteiger partial charge in [0.15, 0.2) is 0 Å². The van der Waals surface area contributed by atoms with Crippen molar-refractivity contribution in [1.29, 1.82) is 0 Å². The molecule has 0 nitrogen and oxygen atoms in total. The van der Waals surface area contributed by atoms with Gasteiger partial charge in [-0.25, -0.2) is 0 Å². The predicted octanol–water partition coefficient (Wildman–Crippen LogP) is 5.64. The lowest BCUT2D eigenvalue weighted by atomic mass is 9.73. The van der Waals surface area contributed by atoms with E-state index in [1.165, 1.54) is 38.5 Å². The third kappa shape index (κ3) is 3.08. The molecule has 94 valence electrons. The topological polar surface area (TPSA) is 0 Å². The fourth-order valence-corrected chi connectivity index (χ4v) is 6.44. The van der Waals surface area contributed by atoms with Gasteiger partial charge in [-0.2, -0.15) is 0 Å². The van der Waals surface area contributed by atoms with E-state index in [-0.39, 0.29) is 0 Å². The molecular weight excluding hydrogens is 464 g/mol. The molecule has 0 aliphatic heterocycles. The highest BCUT2D eigenvalue weighted by atomic mass is 79.9. The predicted molar refractivity (Wildman–Crippen MR) is 85.5 cm³/mol. The minimum Gasteiger partial charge on any atom is -0.0878 e. The van der Waals surface area contributed by atoms with Crippen LogP contribution in [-0.2, 0) is 0 Å². The zero-order valence-corrected chi connectivity index (χ0v) is 15.6. The average molecular weight is 482 g/mol. The number of alkyl halides is 4. The molecule has 0 aromatic rings. The molecule has 0 spiro atoms. The summed E-state index contributed by atoms with van der Waals surface area (Å²) in [5.41, 5.74) is 0. The van der Waals surface area contributed by atoms with Crippen LogP contribution in [0.4, 0.5) is 0 Å². The van der Waals surface area contributed by atoms with Crippen LogP contribution in [0.2, 0.25) is 0 Å². The van der Waals surface area contributed by atoms with Crippen molar-refractivity contribution in [3.63, 3.8) is 0 Å². The Morgan fingerprint density at radius 2 is 0.938 bits per heavy atom. The highest BCUT2D eigenvalue weighted by Crippen LogP contribution is 2.46. The van der Waals surface area contributed by atoms with Crippen molar-refractivity contribution >= 4 is 63.7 Å². The third-order valence-corrected chi connectivity index (χ3v) is 10.2. The fourth-order valence-electron chi connectivity index (χ4n) is 3.17. The monoisotopic (exact) mass is 478 g/mol. The lowest BCUT2D eigenvalue weighted by molar-refractivity contribution is 0.223. The standard InChI is InChI=1S/C12H18Br4/c13-9-5-1-3-7(11(9)15)8-4-2-6-10(14)12(8)16/h7-12H,1-6H2. The van der Waals surface area contributed by atoms with E-state index in [4.69, 9.17) is 0 Å². The Morgan fingerprint density at radius 1 is 0.562 bits per heavy atom. The van der Waals surface area contributed by atoms with Gasteiger partial charge < -0.3 is 0 Å². The molecule has 0 N–H and O–H groups in total. The molecule has 2 aliphatic carbocycles. The molecule has 0 radical (unpaired) electrons. The first-order chi connectivity index (χ1) is 7.61. The van der Waals surface area contributed by atoms with Gasteiger partial charge in [0, 0.05) is 19.3 Å². The Morgan fingerprint density at radius 3 is 1.31 bits per heavy atom. The van der Waals surface area contributed by atoms with Crippen molar-refractivity contribution in [2.45, 2.75) is 57.8 Å². The van der Waals surface area contributed by atoms with Crippen molar-refractivity contribution in [1.82, 2.24) is 0 Å². The summed E-state index contributed by atoms with van der Waals surface area (Å²) >= 11 is 15.5. The van der Waals surface area contributed by atoms with E-state index < -0.39 is 0 Å². The van der Waals surface area contributed by atoms with E-state index in [9.17, 15) is 0 Å². The average Bonchev–Trinajstić information content (AvgIpc) is 2.27. The Balaban J connectivity index is 2.04. The highest BCUT2D eigenvalue weighted by Gasteiger charge is 2.41. The van der Waals surface area contributed by atoms with Crippen molar-refractivity contribution < 1.29 is 0 Å². The van der Waals surface area contributed by atoms with Crippen LogP contribution in [0, 0.1) is 11.8 Å². The Labute approximate surface area is 132 Å². The Bertz CT molecular complexity index is 209. The zero-order valence-electron chi connectivity index (χ0n) is 9.22. The quantitative estimate of drug-likeness (QED) is 0.425. The molecule has 0 bridgehead atoms. The maximum atomic E-state index is 3.92. The first-order valence-electron chi connectivity index (χ1n) is 6.17. The molecule has 0 amide bonds. The van der Waals surface area contributed by atoms with E-state index in [2.05, 4.69) is 63.7 Å². The molecule has 2 fully saturated rings. The van der Waals surface area contributed by atoms with Crippen molar-refractivity contribution in [3.8, 4) is 0 Å². The van der Waals surface area contributed by atoms with Crippen molar-refractivity contribution in [3.05, 3.63) is 0 Å². The molecular formula is C12H18Br4. The molecule has 2 aliphatic rings. The van der Waals surface area contributed by atoms with E-state index >= 15 is 0 Å². The number of hydrogen-bond donors (Lipinski definition) is 0. The summed E-state index contributed by atoms with van der Waals surface area (Å²) in [7, 11) is 0. The molecule has 0 saturated heterocycles. The normalized spacial score (nSPS) is 50.2. The van der Waals surface area contributed by atoms with Crippen molar-refractivity contribution in [2.75, 3.05) is 0 Å². The molecule has 0 aromatic heterocycles. The van der Waals surface area contributed by atoms with Crippen LogP contribution in [0.5, 0.6) is 0 Å². The van der Waals surface area contributed by atoms with Gasteiger partial charge in [-0.1, -0.05) is 76.6 Å². The number of rotatable bonds is 1. The summed E-state index contributed by atoms with van der Waals surface area (Å²) in [5, 5.41) is 0. The first-order valence-corrected chi connectivity index (χ1v) is 9.84. The van der Waals surface area contributed by atoms with Gasteiger partial charge in [0.1, 0.15) is 0 Å². The summed E-state index contributed by atoms with van der Waals surface area (Å²) in [5.74, 6) is 1.67. The van der Waals surface area contributed by atoms with Crippen LogP contribution in [0.15, 0.2) is 0 Å². The van der Waals surface area contributed by atoms with Crippen LogP contribution in [0.3, 0.4) is 0 Å². The molecule has 0 aromatic carbocycles. The van der Waals surface area contributed by atoms with Gasteiger partial charge >= 0.3 is 0 Å². The minimum absolute atomic E-state index is 0.657. The van der Waals surface area contributed by atoms with Gasteiger partial charge in [0.05, 0.1) is 0 Å². The van der Waals surface area contributed by atoms with Crippen LogP contribution >= 0.6 is 63.7 Å². The van der Waals surface area contributed by atoms with E-state index in [1.54, 1.807) is 0 Å². The van der Waals surface area contributed by atoms with Gasteiger partial charge in [0.2, 0.25) is 0 Å². The highest BCUT2D eigenvalue weighted by molar-refractivity contribution is 9.12. The molecule has 4 heteroatoms. The van der Waals surface area contributed by atoms with Crippen LogP contribution in [0.1, 0.15) is 38.5 Å². The lowest BCUT2D eigenvalue weighted by Gasteiger charge is -2.42. The maximum absolute atomic E-state index is 3.92. The molecule has 0 heterocycles. The first kappa shape index (κ1) is 14.3. The molecule has 6 atom stereocenters. The van der Waals surface area contributed by atoms with Gasteiger partial charge in [-0.3, -0.25) is 0 Å². The van der Waals surface area contributed by atoms with E-state index in [0.717, 1.165) is 11.8 Å². The molecule has 6 unspecified atom stereocenters.